The van der Waals surface area contributed by atoms with Crippen molar-refractivity contribution in [2.75, 3.05) is 27.2 Å². The maximum atomic E-state index is 3.47. The largest absolute Gasteiger partial charge is 0.315 e. The molecule has 0 spiro atoms. The average Bonchev–Trinajstić information content (AvgIpc) is 2.38. The summed E-state index contributed by atoms with van der Waals surface area (Å²) in [5, 5.41) is 3.47. The molecule has 0 aromatic heterocycles. The predicted molar refractivity (Wildman–Crippen MR) is 78.1 cm³/mol. The van der Waals surface area contributed by atoms with E-state index in [4.69, 9.17) is 0 Å². The summed E-state index contributed by atoms with van der Waals surface area (Å²) in [4.78, 5) is 2.31. The third-order valence-electron chi connectivity index (χ3n) is 3.97. The minimum atomic E-state index is 0.483. The molecule has 0 amide bonds. The molecule has 1 aromatic carbocycles. The molecule has 2 nitrogen and oxygen atoms in total. The molecule has 1 aliphatic carbocycles. The summed E-state index contributed by atoms with van der Waals surface area (Å²) in [5.41, 5.74) is 4.62. The Morgan fingerprint density at radius 1 is 1.17 bits per heavy atom. The smallest absolute Gasteiger partial charge is 0.0466 e. The maximum Gasteiger partial charge on any atom is 0.0466 e. The van der Waals surface area contributed by atoms with Crippen LogP contribution in [-0.4, -0.2) is 32.1 Å². The van der Waals surface area contributed by atoms with Crippen LogP contribution in [0, 0.1) is 0 Å². The fourth-order valence-electron chi connectivity index (χ4n) is 2.84. The fourth-order valence-corrected chi connectivity index (χ4v) is 2.84. The third kappa shape index (κ3) is 3.12. The summed E-state index contributed by atoms with van der Waals surface area (Å²) in [6.07, 6.45) is 5.26. The first-order valence-electron chi connectivity index (χ1n) is 7.21. The van der Waals surface area contributed by atoms with E-state index in [-0.39, 0.29) is 0 Å². The van der Waals surface area contributed by atoms with Gasteiger partial charge in [0, 0.05) is 12.6 Å². The van der Waals surface area contributed by atoms with Crippen LogP contribution < -0.4 is 5.32 Å². The van der Waals surface area contributed by atoms with Crippen molar-refractivity contribution in [1.29, 1.82) is 0 Å². The Morgan fingerprint density at radius 2 is 1.89 bits per heavy atom. The number of nitrogens with zero attached hydrogens (tertiary/aromatic N) is 1. The number of aryl methyl sites for hydroxylation is 2. The number of fused-ring (bicyclic) bond motifs is 1. The average molecular weight is 246 g/mol. The van der Waals surface area contributed by atoms with Gasteiger partial charge in [-0.05, 0) is 63.0 Å². The lowest BCUT2D eigenvalue weighted by Crippen LogP contribution is -2.31. The number of nitrogens with one attached hydrogen (secondary N) is 1. The van der Waals surface area contributed by atoms with Gasteiger partial charge in [-0.15, -0.1) is 0 Å². The van der Waals surface area contributed by atoms with E-state index in [0.717, 1.165) is 13.1 Å². The van der Waals surface area contributed by atoms with E-state index in [9.17, 15) is 0 Å². The monoisotopic (exact) mass is 246 g/mol. The molecule has 0 aliphatic heterocycles. The Bertz CT molecular complexity index is 385. The van der Waals surface area contributed by atoms with E-state index in [1.807, 2.05) is 0 Å². The molecule has 0 fully saturated rings. The SMILES string of the molecule is CCNCC(c1ccc2c(c1)CCCC2)N(C)C. The van der Waals surface area contributed by atoms with E-state index < -0.39 is 0 Å². The summed E-state index contributed by atoms with van der Waals surface area (Å²) < 4.78 is 0. The summed E-state index contributed by atoms with van der Waals surface area (Å²) in [7, 11) is 4.34. The lowest BCUT2D eigenvalue weighted by atomic mass is 9.89. The Labute approximate surface area is 111 Å². The van der Waals surface area contributed by atoms with Gasteiger partial charge in [0.25, 0.3) is 0 Å². The zero-order chi connectivity index (χ0) is 13.0. The summed E-state index contributed by atoms with van der Waals surface area (Å²) in [6.45, 7) is 4.23. The van der Waals surface area contributed by atoms with Crippen molar-refractivity contribution >= 4 is 0 Å². The van der Waals surface area contributed by atoms with E-state index in [2.05, 4.69) is 49.4 Å². The zero-order valence-corrected chi connectivity index (χ0v) is 12.0. The first-order valence-corrected chi connectivity index (χ1v) is 7.21. The van der Waals surface area contributed by atoms with Crippen molar-refractivity contribution in [2.45, 2.75) is 38.6 Å². The van der Waals surface area contributed by atoms with E-state index in [1.165, 1.54) is 31.2 Å². The fraction of sp³-hybridized carbons (Fsp3) is 0.625. The molecule has 0 saturated heterocycles. The van der Waals surface area contributed by atoms with Crippen LogP contribution in [-0.2, 0) is 12.8 Å². The molecule has 0 radical (unpaired) electrons. The quantitative estimate of drug-likeness (QED) is 0.859. The predicted octanol–water partition coefficient (Wildman–Crippen LogP) is 2.78. The van der Waals surface area contributed by atoms with Crippen molar-refractivity contribution in [2.24, 2.45) is 0 Å². The highest BCUT2D eigenvalue weighted by atomic mass is 15.1. The van der Waals surface area contributed by atoms with Crippen LogP contribution in [0.3, 0.4) is 0 Å². The minimum Gasteiger partial charge on any atom is -0.315 e. The molecular formula is C16H26N2. The molecule has 1 aliphatic rings. The second kappa shape index (κ2) is 6.35. The van der Waals surface area contributed by atoms with Gasteiger partial charge in [0.05, 0.1) is 0 Å². The number of hydrogen-bond donors (Lipinski definition) is 1. The highest BCUT2D eigenvalue weighted by Gasteiger charge is 2.16. The number of hydrogen-bond acceptors (Lipinski definition) is 2. The van der Waals surface area contributed by atoms with Crippen LogP contribution in [0.2, 0.25) is 0 Å². The maximum absolute atomic E-state index is 3.47. The highest BCUT2D eigenvalue weighted by Crippen LogP contribution is 2.26. The van der Waals surface area contributed by atoms with Crippen molar-refractivity contribution in [3.8, 4) is 0 Å². The number of benzene rings is 1. The summed E-state index contributed by atoms with van der Waals surface area (Å²) in [5.74, 6) is 0. The Morgan fingerprint density at radius 3 is 2.56 bits per heavy atom. The number of likely N-dealkylation sites (N-methyl/N-ethyl adjacent to an activating group) is 2. The van der Waals surface area contributed by atoms with Gasteiger partial charge in [0.15, 0.2) is 0 Å². The standard InChI is InChI=1S/C16H26N2/c1-4-17-12-16(18(2)3)15-10-9-13-7-5-6-8-14(13)11-15/h9-11,16-17H,4-8,12H2,1-3H3. The van der Waals surface area contributed by atoms with E-state index in [0.29, 0.717) is 6.04 Å². The van der Waals surface area contributed by atoms with Crippen molar-refractivity contribution in [3.63, 3.8) is 0 Å². The molecule has 2 rings (SSSR count). The molecule has 1 aromatic rings. The van der Waals surface area contributed by atoms with Gasteiger partial charge in [-0.25, -0.2) is 0 Å². The lowest BCUT2D eigenvalue weighted by Gasteiger charge is -2.27. The second-order valence-corrected chi connectivity index (χ2v) is 5.52. The van der Waals surface area contributed by atoms with Gasteiger partial charge < -0.3 is 10.2 Å². The normalized spacial score (nSPS) is 16.7. The summed E-state index contributed by atoms with van der Waals surface area (Å²) >= 11 is 0. The van der Waals surface area contributed by atoms with Crippen LogP contribution in [0.1, 0.15) is 42.5 Å². The summed E-state index contributed by atoms with van der Waals surface area (Å²) in [6, 6.07) is 7.60. The van der Waals surface area contributed by atoms with Crippen molar-refractivity contribution in [1.82, 2.24) is 10.2 Å². The van der Waals surface area contributed by atoms with E-state index in [1.54, 1.807) is 11.1 Å². The van der Waals surface area contributed by atoms with E-state index >= 15 is 0 Å². The van der Waals surface area contributed by atoms with Crippen LogP contribution in [0.25, 0.3) is 0 Å². The van der Waals surface area contributed by atoms with Gasteiger partial charge in [-0.1, -0.05) is 25.1 Å². The van der Waals surface area contributed by atoms with Crippen LogP contribution in [0.5, 0.6) is 0 Å². The Balaban J connectivity index is 2.19. The van der Waals surface area contributed by atoms with Gasteiger partial charge in [-0.3, -0.25) is 0 Å². The minimum absolute atomic E-state index is 0.483. The first kappa shape index (κ1) is 13.6. The molecule has 0 heterocycles. The molecule has 1 N–H and O–H groups in total. The molecular weight excluding hydrogens is 220 g/mol. The molecule has 0 saturated carbocycles. The van der Waals surface area contributed by atoms with Gasteiger partial charge >= 0.3 is 0 Å². The molecule has 2 heteroatoms. The molecule has 1 atom stereocenters. The molecule has 18 heavy (non-hydrogen) atoms. The lowest BCUT2D eigenvalue weighted by molar-refractivity contribution is 0.290. The zero-order valence-electron chi connectivity index (χ0n) is 12.0. The Kier molecular flexibility index (Phi) is 4.79. The molecule has 1 unspecified atom stereocenters. The molecule has 0 bridgehead atoms. The van der Waals surface area contributed by atoms with Gasteiger partial charge in [0.2, 0.25) is 0 Å². The Hall–Kier alpha value is -0.860. The van der Waals surface area contributed by atoms with Crippen molar-refractivity contribution in [3.05, 3.63) is 34.9 Å². The van der Waals surface area contributed by atoms with Gasteiger partial charge in [0.1, 0.15) is 0 Å². The second-order valence-electron chi connectivity index (χ2n) is 5.52. The first-order chi connectivity index (χ1) is 8.72. The van der Waals surface area contributed by atoms with Crippen LogP contribution >= 0.6 is 0 Å². The third-order valence-corrected chi connectivity index (χ3v) is 3.97. The van der Waals surface area contributed by atoms with Gasteiger partial charge in [-0.2, -0.15) is 0 Å². The highest BCUT2D eigenvalue weighted by molar-refractivity contribution is 5.35. The number of rotatable bonds is 5. The topological polar surface area (TPSA) is 15.3 Å². The van der Waals surface area contributed by atoms with Crippen LogP contribution in [0.15, 0.2) is 18.2 Å². The van der Waals surface area contributed by atoms with Crippen molar-refractivity contribution < 1.29 is 0 Å². The molecule has 100 valence electrons. The van der Waals surface area contributed by atoms with Crippen LogP contribution in [0.4, 0.5) is 0 Å².